The van der Waals surface area contributed by atoms with Crippen molar-refractivity contribution < 1.29 is 13.2 Å². The van der Waals surface area contributed by atoms with Crippen LogP contribution in [0, 0.1) is 6.92 Å². The lowest BCUT2D eigenvalue weighted by atomic mass is 9.99. The van der Waals surface area contributed by atoms with Gasteiger partial charge in [-0.15, -0.1) is 0 Å². The number of aryl methyl sites for hydroxylation is 3. The molecule has 2 rings (SSSR count). The van der Waals surface area contributed by atoms with E-state index in [-0.39, 0.29) is 11.6 Å². The van der Waals surface area contributed by atoms with E-state index in [1.165, 1.54) is 13.2 Å². The molecule has 2 N–H and O–H groups in total. The van der Waals surface area contributed by atoms with Gasteiger partial charge in [-0.2, -0.15) is 18.3 Å². The molecule has 1 unspecified atom stereocenters. The summed E-state index contributed by atoms with van der Waals surface area (Å²) in [6.07, 6.45) is -2.56. The fraction of sp³-hybridized carbons (Fsp3) is 0.467. The van der Waals surface area contributed by atoms with E-state index in [9.17, 15) is 13.2 Å². The monoisotopic (exact) mass is 312 g/mol. The number of pyridine rings is 1. The zero-order valence-corrected chi connectivity index (χ0v) is 13.0. The quantitative estimate of drug-likeness (QED) is 0.945. The molecule has 0 radical (unpaired) electrons. The molecule has 22 heavy (non-hydrogen) atoms. The van der Waals surface area contributed by atoms with Gasteiger partial charge in [0.2, 0.25) is 0 Å². The normalized spacial score (nSPS) is 13.5. The molecule has 0 aliphatic rings. The number of hydrogen-bond acceptors (Lipinski definition) is 3. The third kappa shape index (κ3) is 2.99. The van der Waals surface area contributed by atoms with Gasteiger partial charge in [-0.3, -0.25) is 9.67 Å². The van der Waals surface area contributed by atoms with Crippen molar-refractivity contribution in [3.63, 3.8) is 0 Å². The average Bonchev–Trinajstić information content (AvgIpc) is 2.80. The van der Waals surface area contributed by atoms with Crippen LogP contribution in [0.4, 0.5) is 13.2 Å². The molecule has 0 aliphatic carbocycles. The van der Waals surface area contributed by atoms with Crippen molar-refractivity contribution in [1.29, 1.82) is 0 Å². The fourth-order valence-electron chi connectivity index (χ4n) is 2.49. The van der Waals surface area contributed by atoms with Gasteiger partial charge in [0, 0.05) is 25.0 Å². The Labute approximate surface area is 127 Å². The summed E-state index contributed by atoms with van der Waals surface area (Å²) in [6.45, 7) is 5.47. The molecule has 7 heteroatoms. The number of nitrogens with zero attached hydrogens (tertiary/aromatic N) is 3. The number of nitrogens with two attached hydrogens (primary N) is 1. The summed E-state index contributed by atoms with van der Waals surface area (Å²) in [5, 5.41) is 3.54. The number of halogens is 3. The minimum Gasteiger partial charge on any atom is -0.324 e. The summed E-state index contributed by atoms with van der Waals surface area (Å²) in [7, 11) is 1.46. The van der Waals surface area contributed by atoms with Crippen molar-refractivity contribution in [3.05, 3.63) is 34.8 Å². The van der Waals surface area contributed by atoms with E-state index in [1.54, 1.807) is 6.92 Å². The van der Waals surface area contributed by atoms with E-state index >= 15 is 0 Å². The summed E-state index contributed by atoms with van der Waals surface area (Å²) in [5.74, 6) is 0. The van der Waals surface area contributed by atoms with Crippen LogP contribution in [-0.4, -0.2) is 14.8 Å². The van der Waals surface area contributed by atoms with Gasteiger partial charge in [0.15, 0.2) is 5.69 Å². The molecule has 0 aromatic carbocycles. The van der Waals surface area contributed by atoms with Crippen LogP contribution in [0.25, 0.3) is 11.3 Å². The van der Waals surface area contributed by atoms with Gasteiger partial charge < -0.3 is 5.73 Å². The maximum Gasteiger partial charge on any atom is 0.435 e. The summed E-state index contributed by atoms with van der Waals surface area (Å²) < 4.78 is 40.6. The first-order valence-electron chi connectivity index (χ1n) is 7.02. The molecule has 2 aromatic heterocycles. The summed E-state index contributed by atoms with van der Waals surface area (Å²) >= 11 is 0. The van der Waals surface area contributed by atoms with Crippen LogP contribution in [0.3, 0.4) is 0 Å². The highest BCUT2D eigenvalue weighted by molar-refractivity contribution is 5.66. The molecular weight excluding hydrogens is 293 g/mol. The lowest BCUT2D eigenvalue weighted by Gasteiger charge is -2.15. The van der Waals surface area contributed by atoms with E-state index in [4.69, 9.17) is 5.73 Å². The highest BCUT2D eigenvalue weighted by Gasteiger charge is 2.38. The average molecular weight is 312 g/mol. The number of alkyl halides is 3. The minimum absolute atomic E-state index is 0.00146. The molecule has 0 fully saturated rings. The fourth-order valence-corrected chi connectivity index (χ4v) is 2.49. The van der Waals surface area contributed by atoms with Crippen molar-refractivity contribution in [2.45, 2.75) is 39.4 Å². The van der Waals surface area contributed by atoms with Gasteiger partial charge in [-0.25, -0.2) is 0 Å². The maximum absolute atomic E-state index is 13.1. The standard InChI is InChI=1S/C15H19F3N4/c1-5-12-10(9(3)19)6-8(2)13(20-12)11-7-22(4)21-14(11)15(16,17)18/h6-7,9H,5,19H2,1-4H3. The molecule has 1 atom stereocenters. The molecule has 0 saturated heterocycles. The zero-order valence-electron chi connectivity index (χ0n) is 13.0. The molecule has 0 spiro atoms. The van der Waals surface area contributed by atoms with Crippen molar-refractivity contribution in [1.82, 2.24) is 14.8 Å². The van der Waals surface area contributed by atoms with Gasteiger partial charge >= 0.3 is 6.18 Å². The first-order valence-corrected chi connectivity index (χ1v) is 7.02. The first-order chi connectivity index (χ1) is 10.1. The summed E-state index contributed by atoms with van der Waals surface area (Å²) in [6, 6.07) is 1.60. The lowest BCUT2D eigenvalue weighted by molar-refractivity contribution is -0.141. The van der Waals surface area contributed by atoms with Crippen LogP contribution in [0.1, 0.15) is 42.4 Å². The Kier molecular flexibility index (Phi) is 4.28. The predicted molar refractivity (Wildman–Crippen MR) is 78.2 cm³/mol. The van der Waals surface area contributed by atoms with Crippen LogP contribution >= 0.6 is 0 Å². The topological polar surface area (TPSA) is 56.7 Å². The number of rotatable bonds is 3. The second-order valence-corrected chi connectivity index (χ2v) is 5.39. The summed E-state index contributed by atoms with van der Waals surface area (Å²) in [4.78, 5) is 4.44. The molecule has 0 aliphatic heterocycles. The zero-order chi connectivity index (χ0) is 16.7. The second-order valence-electron chi connectivity index (χ2n) is 5.39. The SMILES string of the molecule is CCc1nc(-c2cn(C)nc2C(F)(F)F)c(C)cc1C(C)N. The first kappa shape index (κ1) is 16.5. The van der Waals surface area contributed by atoms with Gasteiger partial charge in [-0.1, -0.05) is 13.0 Å². The van der Waals surface area contributed by atoms with Gasteiger partial charge in [-0.05, 0) is 31.4 Å². The Balaban J connectivity index is 2.69. The Hall–Kier alpha value is -1.89. The van der Waals surface area contributed by atoms with Gasteiger partial charge in [0.1, 0.15) is 0 Å². The van der Waals surface area contributed by atoms with Crippen LogP contribution in [0.5, 0.6) is 0 Å². The minimum atomic E-state index is -4.52. The molecule has 2 aromatic rings. The summed E-state index contributed by atoms with van der Waals surface area (Å²) in [5.41, 5.74) is 7.54. The van der Waals surface area contributed by atoms with E-state index in [0.29, 0.717) is 23.4 Å². The van der Waals surface area contributed by atoms with Gasteiger partial charge in [0.25, 0.3) is 0 Å². The van der Waals surface area contributed by atoms with E-state index in [1.807, 2.05) is 19.9 Å². The van der Waals surface area contributed by atoms with Crippen LogP contribution < -0.4 is 5.73 Å². The maximum atomic E-state index is 13.1. The van der Waals surface area contributed by atoms with E-state index in [0.717, 1.165) is 10.2 Å². The van der Waals surface area contributed by atoms with E-state index in [2.05, 4.69) is 10.1 Å². The van der Waals surface area contributed by atoms with E-state index < -0.39 is 11.9 Å². The molecule has 120 valence electrons. The van der Waals surface area contributed by atoms with Crippen molar-refractivity contribution in [2.24, 2.45) is 12.8 Å². The Morgan fingerprint density at radius 3 is 2.50 bits per heavy atom. The third-order valence-electron chi connectivity index (χ3n) is 3.50. The Morgan fingerprint density at radius 1 is 1.36 bits per heavy atom. The Bertz CT molecular complexity index is 687. The third-order valence-corrected chi connectivity index (χ3v) is 3.50. The highest BCUT2D eigenvalue weighted by Crippen LogP contribution is 2.37. The van der Waals surface area contributed by atoms with Crippen LogP contribution in [-0.2, 0) is 19.6 Å². The molecule has 0 bridgehead atoms. The van der Waals surface area contributed by atoms with Crippen molar-refractivity contribution in [3.8, 4) is 11.3 Å². The number of hydrogen-bond donors (Lipinski definition) is 1. The Morgan fingerprint density at radius 2 is 2.00 bits per heavy atom. The van der Waals surface area contributed by atoms with Crippen LogP contribution in [0.15, 0.2) is 12.3 Å². The number of aromatic nitrogens is 3. The molecule has 2 heterocycles. The van der Waals surface area contributed by atoms with Gasteiger partial charge in [0.05, 0.1) is 11.3 Å². The lowest BCUT2D eigenvalue weighted by Crippen LogP contribution is -2.12. The molecule has 4 nitrogen and oxygen atoms in total. The van der Waals surface area contributed by atoms with Crippen molar-refractivity contribution >= 4 is 0 Å². The smallest absolute Gasteiger partial charge is 0.324 e. The highest BCUT2D eigenvalue weighted by atomic mass is 19.4. The molecule has 0 amide bonds. The van der Waals surface area contributed by atoms with Crippen molar-refractivity contribution in [2.75, 3.05) is 0 Å². The molecular formula is C15H19F3N4. The van der Waals surface area contributed by atoms with Crippen LogP contribution in [0.2, 0.25) is 0 Å². The largest absolute Gasteiger partial charge is 0.435 e. The molecule has 0 saturated carbocycles. The predicted octanol–water partition coefficient (Wildman–Crippen LogP) is 3.39. The second kappa shape index (κ2) is 5.72.